The van der Waals surface area contributed by atoms with E-state index in [-0.39, 0.29) is 11.3 Å². The van der Waals surface area contributed by atoms with E-state index in [9.17, 15) is 14.0 Å². The molecule has 3 aromatic rings. The van der Waals surface area contributed by atoms with Crippen molar-refractivity contribution in [1.29, 1.82) is 0 Å². The average Bonchev–Trinajstić information content (AvgIpc) is 3.27. The van der Waals surface area contributed by atoms with Crippen LogP contribution in [0.1, 0.15) is 54.8 Å². The van der Waals surface area contributed by atoms with Gasteiger partial charge in [0, 0.05) is 22.2 Å². The normalized spacial score (nSPS) is 12.3. The van der Waals surface area contributed by atoms with E-state index in [1.807, 2.05) is 33.8 Å². The van der Waals surface area contributed by atoms with Crippen LogP contribution in [0.3, 0.4) is 0 Å². The van der Waals surface area contributed by atoms with Gasteiger partial charge in [0.2, 0.25) is 5.91 Å². The Kier molecular flexibility index (Phi) is 6.80. The molecule has 0 saturated heterocycles. The smallest absolute Gasteiger partial charge is 0.280 e. The van der Waals surface area contributed by atoms with Gasteiger partial charge < -0.3 is 5.32 Å². The minimum atomic E-state index is -1.23. The zero-order chi connectivity index (χ0) is 22.6. The van der Waals surface area contributed by atoms with Gasteiger partial charge in [-0.05, 0) is 62.5 Å². The number of nitrogens with one attached hydrogen (secondary N) is 1. The van der Waals surface area contributed by atoms with Crippen molar-refractivity contribution in [2.75, 3.05) is 4.90 Å². The first-order valence-electron chi connectivity index (χ1n) is 9.97. The molecule has 31 heavy (non-hydrogen) atoms. The molecule has 0 aliphatic heterocycles. The first kappa shape index (κ1) is 22.6. The maximum Gasteiger partial charge on any atom is 0.280 e. The van der Waals surface area contributed by atoms with E-state index in [4.69, 9.17) is 0 Å². The van der Waals surface area contributed by atoms with Gasteiger partial charge in [0.1, 0.15) is 11.9 Å². The number of halogens is 1. The second-order valence-corrected chi connectivity index (χ2v) is 8.56. The summed E-state index contributed by atoms with van der Waals surface area (Å²) in [4.78, 5) is 28.3. The lowest BCUT2D eigenvalue weighted by Gasteiger charge is -2.34. The molecular weight excluding hydrogens is 415 g/mol. The molecule has 1 heterocycles. The van der Waals surface area contributed by atoms with Crippen LogP contribution in [0.25, 0.3) is 0 Å². The minimum absolute atomic E-state index is 0.0930. The van der Waals surface area contributed by atoms with E-state index in [1.165, 1.54) is 22.4 Å². The van der Waals surface area contributed by atoms with Crippen LogP contribution >= 0.6 is 11.5 Å². The Hall–Kier alpha value is -3.13. The lowest BCUT2D eigenvalue weighted by molar-refractivity contribution is -0.124. The SMILES string of the molecule is CCC(C)(C)NC(=O)[C@H](c1ccccc1F)N(C(=O)c1csnn1)c1cccc(C)c1. The molecule has 0 radical (unpaired) electrons. The quantitative estimate of drug-likeness (QED) is 0.579. The molecule has 8 heteroatoms. The maximum atomic E-state index is 14.9. The van der Waals surface area contributed by atoms with Crippen molar-refractivity contribution in [3.63, 3.8) is 0 Å². The molecule has 3 rings (SSSR count). The summed E-state index contributed by atoms with van der Waals surface area (Å²) < 4.78 is 18.7. The Morgan fingerprint density at radius 2 is 1.94 bits per heavy atom. The van der Waals surface area contributed by atoms with E-state index in [1.54, 1.807) is 30.3 Å². The van der Waals surface area contributed by atoms with Gasteiger partial charge in [-0.15, -0.1) is 5.10 Å². The van der Waals surface area contributed by atoms with Crippen molar-refractivity contribution < 1.29 is 14.0 Å². The van der Waals surface area contributed by atoms with E-state index in [0.29, 0.717) is 12.1 Å². The predicted octanol–water partition coefficient (Wildman–Crippen LogP) is 4.68. The fourth-order valence-corrected chi connectivity index (χ4v) is 3.56. The fraction of sp³-hybridized carbons (Fsp3) is 0.304. The van der Waals surface area contributed by atoms with Crippen LogP contribution in [-0.2, 0) is 4.79 Å². The second-order valence-electron chi connectivity index (χ2n) is 7.96. The highest BCUT2D eigenvalue weighted by molar-refractivity contribution is 7.03. The number of carbonyl (C=O) groups excluding carboxylic acids is 2. The zero-order valence-electron chi connectivity index (χ0n) is 17.9. The molecule has 1 atom stereocenters. The molecule has 2 amide bonds. The van der Waals surface area contributed by atoms with Crippen molar-refractivity contribution in [2.24, 2.45) is 0 Å². The van der Waals surface area contributed by atoms with Crippen LogP contribution in [0, 0.1) is 12.7 Å². The van der Waals surface area contributed by atoms with Gasteiger partial charge in [0.25, 0.3) is 5.91 Å². The standard InChI is InChI=1S/C23H25FN4O2S/c1-5-23(3,4)25-21(29)20(17-11-6-7-12-18(17)24)28(16-10-8-9-15(2)13-16)22(30)19-14-31-27-26-19/h6-14,20H,5H2,1-4H3,(H,25,29)/t20-/m0/s1. The summed E-state index contributed by atoms with van der Waals surface area (Å²) in [5.41, 5.74) is 1.02. The molecule has 1 N–H and O–H groups in total. The number of anilines is 1. The van der Waals surface area contributed by atoms with Gasteiger partial charge in [0.15, 0.2) is 5.69 Å². The number of hydrogen-bond acceptors (Lipinski definition) is 5. The van der Waals surface area contributed by atoms with Gasteiger partial charge >= 0.3 is 0 Å². The molecule has 0 aliphatic rings. The van der Waals surface area contributed by atoms with Gasteiger partial charge in [-0.25, -0.2) is 4.39 Å². The molecule has 0 spiro atoms. The van der Waals surface area contributed by atoms with Gasteiger partial charge in [-0.3, -0.25) is 14.5 Å². The van der Waals surface area contributed by atoms with Crippen molar-refractivity contribution in [3.05, 3.63) is 76.5 Å². The molecule has 0 saturated carbocycles. The molecule has 0 bridgehead atoms. The Morgan fingerprint density at radius 1 is 1.19 bits per heavy atom. The van der Waals surface area contributed by atoms with Gasteiger partial charge in [-0.2, -0.15) is 0 Å². The molecule has 6 nitrogen and oxygen atoms in total. The topological polar surface area (TPSA) is 75.2 Å². The number of nitrogens with zero attached hydrogens (tertiary/aromatic N) is 3. The van der Waals surface area contributed by atoms with E-state index in [0.717, 1.165) is 17.1 Å². The Morgan fingerprint density at radius 3 is 2.55 bits per heavy atom. The van der Waals surface area contributed by atoms with Crippen LogP contribution in [0.15, 0.2) is 53.9 Å². The Bertz CT molecular complexity index is 1070. The van der Waals surface area contributed by atoms with Crippen molar-refractivity contribution in [2.45, 2.75) is 45.7 Å². The Labute approximate surface area is 185 Å². The number of hydrogen-bond donors (Lipinski definition) is 1. The number of carbonyl (C=O) groups is 2. The largest absolute Gasteiger partial charge is 0.349 e. The van der Waals surface area contributed by atoms with E-state index >= 15 is 0 Å². The van der Waals surface area contributed by atoms with Crippen LogP contribution in [0.5, 0.6) is 0 Å². The summed E-state index contributed by atoms with van der Waals surface area (Å²) in [7, 11) is 0. The third-order valence-electron chi connectivity index (χ3n) is 5.13. The lowest BCUT2D eigenvalue weighted by atomic mass is 9.97. The molecule has 0 aliphatic carbocycles. The first-order valence-corrected chi connectivity index (χ1v) is 10.8. The highest BCUT2D eigenvalue weighted by atomic mass is 32.1. The summed E-state index contributed by atoms with van der Waals surface area (Å²) in [5.74, 6) is -1.58. The number of benzene rings is 2. The molecule has 1 aromatic heterocycles. The monoisotopic (exact) mass is 440 g/mol. The molecule has 2 aromatic carbocycles. The maximum absolute atomic E-state index is 14.9. The summed E-state index contributed by atoms with van der Waals surface area (Å²) in [6.45, 7) is 7.59. The highest BCUT2D eigenvalue weighted by Crippen LogP contribution is 2.32. The van der Waals surface area contributed by atoms with E-state index in [2.05, 4.69) is 14.9 Å². The molecule has 162 valence electrons. The fourth-order valence-electron chi connectivity index (χ4n) is 3.13. The summed E-state index contributed by atoms with van der Waals surface area (Å²) in [6.07, 6.45) is 0.664. The first-order chi connectivity index (χ1) is 14.7. The third-order valence-corrected chi connectivity index (χ3v) is 5.63. The number of amides is 2. The van der Waals surface area contributed by atoms with Crippen molar-refractivity contribution >= 4 is 29.0 Å². The third kappa shape index (κ3) is 5.14. The van der Waals surface area contributed by atoms with Crippen LogP contribution in [0.4, 0.5) is 10.1 Å². The predicted molar refractivity (Wildman–Crippen MR) is 120 cm³/mol. The highest BCUT2D eigenvalue weighted by Gasteiger charge is 2.37. The van der Waals surface area contributed by atoms with Crippen LogP contribution in [0.2, 0.25) is 0 Å². The lowest BCUT2D eigenvalue weighted by Crippen LogP contribution is -2.50. The summed E-state index contributed by atoms with van der Waals surface area (Å²) in [6, 6.07) is 11.9. The van der Waals surface area contributed by atoms with E-state index < -0.39 is 29.2 Å². The summed E-state index contributed by atoms with van der Waals surface area (Å²) >= 11 is 1.03. The van der Waals surface area contributed by atoms with Gasteiger partial charge in [-0.1, -0.05) is 41.7 Å². The molecule has 0 fully saturated rings. The number of rotatable bonds is 7. The van der Waals surface area contributed by atoms with Crippen molar-refractivity contribution in [1.82, 2.24) is 14.9 Å². The molecule has 0 unspecified atom stereocenters. The second kappa shape index (κ2) is 9.34. The van der Waals surface area contributed by atoms with Crippen LogP contribution in [-0.4, -0.2) is 26.9 Å². The average molecular weight is 441 g/mol. The minimum Gasteiger partial charge on any atom is -0.349 e. The molecular formula is C23H25FN4O2S. The van der Waals surface area contributed by atoms with Gasteiger partial charge in [0.05, 0.1) is 0 Å². The van der Waals surface area contributed by atoms with Crippen LogP contribution < -0.4 is 10.2 Å². The zero-order valence-corrected chi connectivity index (χ0v) is 18.7. The Balaban J connectivity index is 2.20. The number of aromatic nitrogens is 2. The number of aryl methyl sites for hydroxylation is 1. The van der Waals surface area contributed by atoms with Crippen molar-refractivity contribution in [3.8, 4) is 0 Å². The summed E-state index contributed by atoms with van der Waals surface area (Å²) in [5, 5.41) is 8.36.